The van der Waals surface area contributed by atoms with Gasteiger partial charge in [-0.3, -0.25) is 0 Å². The van der Waals surface area contributed by atoms with Crippen molar-refractivity contribution in [2.75, 3.05) is 44.3 Å². The number of ether oxygens (including phenoxy) is 1. The molecule has 0 aliphatic carbocycles. The lowest BCUT2D eigenvalue weighted by Crippen LogP contribution is -2.38. The number of morpholine rings is 1. The molecule has 5 nitrogen and oxygen atoms in total. The SMILES string of the molecule is CCNC(=NCc1ccccc1N1CCOCC1)NCCc1ccc(F)cc1C. The van der Waals surface area contributed by atoms with E-state index in [0.717, 1.165) is 62.9 Å². The van der Waals surface area contributed by atoms with Crippen LogP contribution in [-0.2, 0) is 17.7 Å². The number of hydrogen-bond donors (Lipinski definition) is 2. The third-order valence-electron chi connectivity index (χ3n) is 5.09. The van der Waals surface area contributed by atoms with E-state index in [1.165, 1.54) is 17.3 Å². The Labute approximate surface area is 173 Å². The molecule has 0 atom stereocenters. The summed E-state index contributed by atoms with van der Waals surface area (Å²) in [5, 5.41) is 6.70. The van der Waals surface area contributed by atoms with Crippen LogP contribution in [0.1, 0.15) is 23.6 Å². The maximum atomic E-state index is 13.3. The number of aliphatic imine (C=N–C) groups is 1. The van der Waals surface area contributed by atoms with Crippen LogP contribution in [-0.4, -0.2) is 45.4 Å². The largest absolute Gasteiger partial charge is 0.378 e. The highest BCUT2D eigenvalue weighted by molar-refractivity contribution is 5.79. The number of hydrogen-bond acceptors (Lipinski definition) is 3. The average molecular weight is 399 g/mol. The van der Waals surface area contributed by atoms with Crippen molar-refractivity contribution in [1.29, 1.82) is 0 Å². The van der Waals surface area contributed by atoms with E-state index in [1.807, 2.05) is 13.0 Å². The predicted molar refractivity (Wildman–Crippen MR) is 117 cm³/mol. The Morgan fingerprint density at radius 3 is 2.66 bits per heavy atom. The summed E-state index contributed by atoms with van der Waals surface area (Å²) in [4.78, 5) is 7.15. The van der Waals surface area contributed by atoms with E-state index in [4.69, 9.17) is 9.73 Å². The highest BCUT2D eigenvalue weighted by Gasteiger charge is 2.14. The molecule has 2 aromatic rings. The third kappa shape index (κ3) is 6.19. The summed E-state index contributed by atoms with van der Waals surface area (Å²) in [6, 6.07) is 13.4. The number of halogens is 1. The fraction of sp³-hybridized carbons (Fsp3) is 0.435. The summed E-state index contributed by atoms with van der Waals surface area (Å²) < 4.78 is 18.7. The lowest BCUT2D eigenvalue weighted by Gasteiger charge is -2.30. The van der Waals surface area contributed by atoms with Gasteiger partial charge in [0.1, 0.15) is 5.82 Å². The van der Waals surface area contributed by atoms with Gasteiger partial charge in [0.25, 0.3) is 0 Å². The predicted octanol–water partition coefficient (Wildman–Crippen LogP) is 3.27. The van der Waals surface area contributed by atoms with E-state index in [-0.39, 0.29) is 5.82 Å². The minimum absolute atomic E-state index is 0.187. The summed E-state index contributed by atoms with van der Waals surface area (Å²) in [6.45, 7) is 9.51. The van der Waals surface area contributed by atoms with Crippen molar-refractivity contribution in [3.8, 4) is 0 Å². The van der Waals surface area contributed by atoms with Crippen molar-refractivity contribution in [2.45, 2.75) is 26.8 Å². The lowest BCUT2D eigenvalue weighted by atomic mass is 10.1. The summed E-state index contributed by atoms with van der Waals surface area (Å²) >= 11 is 0. The molecule has 1 aliphatic heterocycles. The Balaban J connectivity index is 1.62. The van der Waals surface area contributed by atoms with Crippen molar-refractivity contribution in [1.82, 2.24) is 10.6 Å². The molecule has 0 bridgehead atoms. The van der Waals surface area contributed by atoms with Gasteiger partial charge >= 0.3 is 0 Å². The van der Waals surface area contributed by atoms with Crippen LogP contribution in [0.15, 0.2) is 47.5 Å². The second-order valence-electron chi connectivity index (χ2n) is 7.17. The Bertz CT molecular complexity index is 818. The molecule has 0 spiro atoms. The van der Waals surface area contributed by atoms with Gasteiger partial charge in [-0.05, 0) is 55.2 Å². The molecule has 156 valence electrons. The molecule has 1 saturated heterocycles. The van der Waals surface area contributed by atoms with Crippen LogP contribution in [0.25, 0.3) is 0 Å². The minimum atomic E-state index is -0.187. The van der Waals surface area contributed by atoms with Crippen LogP contribution in [0.4, 0.5) is 10.1 Å². The van der Waals surface area contributed by atoms with Gasteiger partial charge in [0.05, 0.1) is 19.8 Å². The fourth-order valence-electron chi connectivity index (χ4n) is 3.52. The number of rotatable bonds is 7. The van der Waals surface area contributed by atoms with Crippen LogP contribution in [0.3, 0.4) is 0 Å². The zero-order chi connectivity index (χ0) is 20.5. The van der Waals surface area contributed by atoms with E-state index < -0.39 is 0 Å². The standard InChI is InChI=1S/C23H31FN4O/c1-3-25-23(26-11-10-19-8-9-21(24)16-18(19)2)27-17-20-6-4-5-7-22(20)28-12-14-29-15-13-28/h4-9,16H,3,10-15,17H2,1-2H3,(H2,25,26,27). The van der Waals surface area contributed by atoms with Gasteiger partial charge in [-0.25, -0.2) is 9.38 Å². The minimum Gasteiger partial charge on any atom is -0.378 e. The molecule has 0 saturated carbocycles. The molecule has 29 heavy (non-hydrogen) atoms. The number of anilines is 1. The molecule has 3 rings (SSSR count). The van der Waals surface area contributed by atoms with Gasteiger partial charge in [0.15, 0.2) is 5.96 Å². The molecule has 0 unspecified atom stereocenters. The van der Waals surface area contributed by atoms with Gasteiger partial charge in [-0.2, -0.15) is 0 Å². The Morgan fingerprint density at radius 1 is 1.10 bits per heavy atom. The summed E-state index contributed by atoms with van der Waals surface area (Å²) in [5.74, 6) is 0.608. The fourth-order valence-corrected chi connectivity index (χ4v) is 3.52. The molecule has 0 amide bonds. The average Bonchev–Trinajstić information content (AvgIpc) is 2.74. The van der Waals surface area contributed by atoms with Crippen molar-refractivity contribution >= 4 is 11.6 Å². The second-order valence-corrected chi connectivity index (χ2v) is 7.17. The molecule has 6 heteroatoms. The third-order valence-corrected chi connectivity index (χ3v) is 5.09. The molecule has 0 radical (unpaired) electrons. The molecule has 2 N–H and O–H groups in total. The number of guanidine groups is 1. The number of aryl methyl sites for hydroxylation is 1. The van der Waals surface area contributed by atoms with Crippen LogP contribution in [0, 0.1) is 12.7 Å². The maximum Gasteiger partial charge on any atom is 0.191 e. The van der Waals surface area contributed by atoms with Crippen LogP contribution in [0.2, 0.25) is 0 Å². The van der Waals surface area contributed by atoms with Crippen molar-refractivity contribution in [2.24, 2.45) is 4.99 Å². The lowest BCUT2D eigenvalue weighted by molar-refractivity contribution is 0.122. The number of benzene rings is 2. The van der Waals surface area contributed by atoms with Gasteiger partial charge in [-0.1, -0.05) is 24.3 Å². The molecule has 1 heterocycles. The van der Waals surface area contributed by atoms with Crippen molar-refractivity contribution in [3.63, 3.8) is 0 Å². The van der Waals surface area contributed by atoms with E-state index >= 15 is 0 Å². The quantitative estimate of drug-likeness (QED) is 0.555. The van der Waals surface area contributed by atoms with Crippen LogP contribution < -0.4 is 15.5 Å². The molecule has 0 aromatic heterocycles. The first-order valence-corrected chi connectivity index (χ1v) is 10.3. The van der Waals surface area contributed by atoms with E-state index in [2.05, 4.69) is 46.7 Å². The maximum absolute atomic E-state index is 13.3. The van der Waals surface area contributed by atoms with E-state index in [0.29, 0.717) is 6.54 Å². The Kier molecular flexibility index (Phi) is 7.87. The van der Waals surface area contributed by atoms with Crippen molar-refractivity contribution < 1.29 is 9.13 Å². The summed E-state index contributed by atoms with van der Waals surface area (Å²) in [6.07, 6.45) is 0.820. The van der Waals surface area contributed by atoms with Crippen LogP contribution in [0.5, 0.6) is 0 Å². The molecule has 1 aliphatic rings. The second kappa shape index (κ2) is 10.8. The Morgan fingerprint density at radius 2 is 1.90 bits per heavy atom. The van der Waals surface area contributed by atoms with Gasteiger partial charge in [-0.15, -0.1) is 0 Å². The first-order valence-electron chi connectivity index (χ1n) is 10.3. The zero-order valence-corrected chi connectivity index (χ0v) is 17.4. The highest BCUT2D eigenvalue weighted by Crippen LogP contribution is 2.22. The van der Waals surface area contributed by atoms with E-state index in [1.54, 1.807) is 6.07 Å². The number of nitrogens with one attached hydrogen (secondary N) is 2. The normalized spacial score (nSPS) is 14.7. The van der Waals surface area contributed by atoms with Gasteiger partial charge < -0.3 is 20.3 Å². The first kappa shape index (κ1) is 21.1. The highest BCUT2D eigenvalue weighted by atomic mass is 19.1. The summed E-state index contributed by atoms with van der Waals surface area (Å²) in [7, 11) is 0. The van der Waals surface area contributed by atoms with Crippen LogP contribution >= 0.6 is 0 Å². The molecule has 1 fully saturated rings. The van der Waals surface area contributed by atoms with Crippen molar-refractivity contribution in [3.05, 3.63) is 65.0 Å². The zero-order valence-electron chi connectivity index (χ0n) is 17.4. The van der Waals surface area contributed by atoms with E-state index in [9.17, 15) is 4.39 Å². The molecular weight excluding hydrogens is 367 g/mol. The molecule has 2 aromatic carbocycles. The Hall–Kier alpha value is -2.60. The summed E-state index contributed by atoms with van der Waals surface area (Å²) in [5.41, 5.74) is 4.57. The number of para-hydroxylation sites is 1. The monoisotopic (exact) mass is 398 g/mol. The topological polar surface area (TPSA) is 48.9 Å². The number of nitrogens with zero attached hydrogens (tertiary/aromatic N) is 2. The van der Waals surface area contributed by atoms with Gasteiger partial charge in [0.2, 0.25) is 0 Å². The smallest absolute Gasteiger partial charge is 0.191 e. The molecular formula is C23H31FN4O. The first-order chi connectivity index (χ1) is 14.2. The van der Waals surface area contributed by atoms with Gasteiger partial charge in [0, 0.05) is 31.9 Å².